The van der Waals surface area contributed by atoms with Crippen LogP contribution in [0.15, 0.2) is 60.9 Å². The van der Waals surface area contributed by atoms with Gasteiger partial charge in [-0.15, -0.1) is 10.2 Å². The molecule has 140 valence electrons. The summed E-state index contributed by atoms with van der Waals surface area (Å²) >= 11 is 0. The molecule has 3 aromatic rings. The number of aryl methyl sites for hydroxylation is 1. The fourth-order valence-corrected chi connectivity index (χ4v) is 4.07. The lowest BCUT2D eigenvalue weighted by molar-refractivity contribution is -0.135. The Kier molecular flexibility index (Phi) is 4.24. The van der Waals surface area contributed by atoms with Gasteiger partial charge in [0, 0.05) is 44.0 Å². The first-order valence-corrected chi connectivity index (χ1v) is 9.65. The molecule has 0 spiro atoms. The molecule has 0 saturated carbocycles. The molecule has 0 bridgehead atoms. The van der Waals surface area contributed by atoms with E-state index in [4.69, 9.17) is 0 Å². The van der Waals surface area contributed by atoms with Gasteiger partial charge in [0.1, 0.15) is 5.82 Å². The summed E-state index contributed by atoms with van der Waals surface area (Å²) in [4.78, 5) is 19.3. The average molecular weight is 371 g/mol. The molecule has 6 nitrogen and oxygen atoms in total. The predicted molar refractivity (Wildman–Crippen MR) is 106 cm³/mol. The molecule has 1 aromatic carbocycles. The van der Waals surface area contributed by atoms with Crippen LogP contribution in [-0.4, -0.2) is 43.6 Å². The molecule has 1 atom stereocenters. The fraction of sp³-hybridized carbons (Fsp3) is 0.273. The first-order valence-electron chi connectivity index (χ1n) is 9.65. The summed E-state index contributed by atoms with van der Waals surface area (Å²) in [6.45, 7) is 1.96. The number of nitrogens with zero attached hydrogens (tertiary/aromatic N) is 5. The third kappa shape index (κ3) is 3.01. The van der Waals surface area contributed by atoms with E-state index in [2.05, 4.69) is 25.8 Å². The molecule has 5 rings (SSSR count). The number of rotatable bonds is 3. The summed E-state index contributed by atoms with van der Waals surface area (Å²) in [5.74, 6) is 2.00. The third-order valence-corrected chi connectivity index (χ3v) is 5.59. The van der Waals surface area contributed by atoms with Gasteiger partial charge in [0.25, 0.3) is 0 Å². The number of hydrogen-bond acceptors (Lipinski definition) is 4. The zero-order valence-electron chi connectivity index (χ0n) is 15.5. The lowest BCUT2D eigenvalue weighted by Crippen LogP contribution is -2.38. The maximum Gasteiger partial charge on any atom is 0.228 e. The molecule has 28 heavy (non-hydrogen) atoms. The quantitative estimate of drug-likeness (QED) is 0.710. The molecular formula is C22H21N5O. The van der Waals surface area contributed by atoms with E-state index in [-0.39, 0.29) is 11.8 Å². The minimum Gasteiger partial charge on any atom is -0.334 e. The molecule has 0 fully saturated rings. The highest BCUT2D eigenvalue weighted by molar-refractivity contribution is 5.83. The van der Waals surface area contributed by atoms with Crippen LogP contribution < -0.4 is 0 Å². The first-order chi connectivity index (χ1) is 13.8. The average Bonchev–Trinajstić information content (AvgIpc) is 3.41. The van der Waals surface area contributed by atoms with Crippen molar-refractivity contribution in [3.05, 3.63) is 72.3 Å². The molecule has 2 aromatic heterocycles. The molecule has 2 aliphatic heterocycles. The molecule has 2 aliphatic rings. The van der Waals surface area contributed by atoms with Crippen LogP contribution in [0.25, 0.3) is 17.0 Å². The van der Waals surface area contributed by atoms with Crippen LogP contribution in [0, 0.1) is 5.92 Å². The molecule has 0 radical (unpaired) electrons. The summed E-state index contributed by atoms with van der Waals surface area (Å²) in [6, 6.07) is 14.0. The van der Waals surface area contributed by atoms with Gasteiger partial charge in [-0.1, -0.05) is 42.5 Å². The van der Waals surface area contributed by atoms with E-state index >= 15 is 0 Å². The van der Waals surface area contributed by atoms with Crippen molar-refractivity contribution in [3.8, 4) is 11.4 Å². The molecule has 1 amide bonds. The zero-order valence-corrected chi connectivity index (χ0v) is 15.5. The molecule has 4 heterocycles. The number of hydrogen-bond donors (Lipinski definition) is 0. The Hall–Kier alpha value is -3.28. The molecule has 6 heteroatoms. The summed E-state index contributed by atoms with van der Waals surface area (Å²) in [5, 5.41) is 8.73. The smallest absolute Gasteiger partial charge is 0.228 e. The van der Waals surface area contributed by atoms with Gasteiger partial charge in [0.05, 0.1) is 5.92 Å². The summed E-state index contributed by atoms with van der Waals surface area (Å²) in [5.41, 5.74) is 3.30. The maximum atomic E-state index is 13.2. The second-order valence-corrected chi connectivity index (χ2v) is 7.34. The Balaban J connectivity index is 1.32. The van der Waals surface area contributed by atoms with Crippen molar-refractivity contribution in [1.82, 2.24) is 24.6 Å². The van der Waals surface area contributed by atoms with Crippen molar-refractivity contribution in [2.24, 2.45) is 5.92 Å². The third-order valence-electron chi connectivity index (χ3n) is 5.59. The predicted octanol–water partition coefficient (Wildman–Crippen LogP) is 2.83. The summed E-state index contributed by atoms with van der Waals surface area (Å²) in [6.07, 6.45) is 7.37. The van der Waals surface area contributed by atoms with Crippen molar-refractivity contribution in [2.45, 2.75) is 19.4 Å². The topological polar surface area (TPSA) is 63.9 Å². The minimum absolute atomic E-state index is 0.0346. The van der Waals surface area contributed by atoms with E-state index in [1.807, 2.05) is 53.6 Å². The highest BCUT2D eigenvalue weighted by atomic mass is 16.2. The van der Waals surface area contributed by atoms with Crippen molar-refractivity contribution in [3.63, 3.8) is 0 Å². The van der Waals surface area contributed by atoms with Gasteiger partial charge in [0.2, 0.25) is 5.91 Å². The minimum atomic E-state index is -0.0346. The normalized spacial score (nSPS) is 18.6. The first kappa shape index (κ1) is 16.9. The van der Waals surface area contributed by atoms with Gasteiger partial charge in [0.15, 0.2) is 5.82 Å². The SMILES string of the molecule is O=C(C1CCc2nnc(-c3ccccc3)n2C1)N1CC=C(c2cccnc2)C1. The van der Waals surface area contributed by atoms with Crippen molar-refractivity contribution >= 4 is 11.5 Å². The summed E-state index contributed by atoms with van der Waals surface area (Å²) < 4.78 is 2.12. The van der Waals surface area contributed by atoms with E-state index in [0.717, 1.165) is 35.6 Å². The van der Waals surface area contributed by atoms with Gasteiger partial charge >= 0.3 is 0 Å². The van der Waals surface area contributed by atoms with E-state index in [1.165, 1.54) is 5.57 Å². The van der Waals surface area contributed by atoms with E-state index in [9.17, 15) is 4.79 Å². The maximum absolute atomic E-state index is 13.2. The monoisotopic (exact) mass is 371 g/mol. The Labute approximate surface area is 163 Å². The van der Waals surface area contributed by atoms with Crippen LogP contribution >= 0.6 is 0 Å². The van der Waals surface area contributed by atoms with E-state index in [0.29, 0.717) is 19.6 Å². The number of amides is 1. The lowest BCUT2D eigenvalue weighted by Gasteiger charge is -2.28. The van der Waals surface area contributed by atoms with Crippen LogP contribution in [-0.2, 0) is 17.8 Å². The number of aromatic nitrogens is 4. The van der Waals surface area contributed by atoms with Crippen LogP contribution in [0.5, 0.6) is 0 Å². The van der Waals surface area contributed by atoms with Crippen LogP contribution in [0.3, 0.4) is 0 Å². The van der Waals surface area contributed by atoms with E-state index < -0.39 is 0 Å². The highest BCUT2D eigenvalue weighted by Gasteiger charge is 2.32. The molecule has 1 unspecified atom stereocenters. The molecule has 0 aliphatic carbocycles. The number of carbonyl (C=O) groups excluding carboxylic acids is 1. The van der Waals surface area contributed by atoms with Crippen molar-refractivity contribution < 1.29 is 4.79 Å². The van der Waals surface area contributed by atoms with Crippen molar-refractivity contribution in [1.29, 1.82) is 0 Å². The second kappa shape index (κ2) is 7.03. The molecule has 0 saturated heterocycles. The molecule has 0 N–H and O–H groups in total. The number of benzene rings is 1. The van der Waals surface area contributed by atoms with Crippen LogP contribution in [0.1, 0.15) is 17.8 Å². The molecular weight excluding hydrogens is 350 g/mol. The van der Waals surface area contributed by atoms with Gasteiger partial charge < -0.3 is 9.47 Å². The largest absolute Gasteiger partial charge is 0.334 e. The number of fused-ring (bicyclic) bond motifs is 1. The van der Waals surface area contributed by atoms with Gasteiger partial charge in [-0.05, 0) is 23.6 Å². The fourth-order valence-electron chi connectivity index (χ4n) is 4.07. The van der Waals surface area contributed by atoms with Crippen LogP contribution in [0.2, 0.25) is 0 Å². The van der Waals surface area contributed by atoms with Crippen molar-refractivity contribution in [2.75, 3.05) is 13.1 Å². The summed E-state index contributed by atoms with van der Waals surface area (Å²) in [7, 11) is 0. The van der Waals surface area contributed by atoms with Gasteiger partial charge in [-0.25, -0.2) is 0 Å². The second-order valence-electron chi connectivity index (χ2n) is 7.34. The van der Waals surface area contributed by atoms with Gasteiger partial charge in [-0.2, -0.15) is 0 Å². The lowest BCUT2D eigenvalue weighted by atomic mass is 9.97. The highest BCUT2D eigenvalue weighted by Crippen LogP contribution is 2.28. The van der Waals surface area contributed by atoms with Crippen LogP contribution in [0.4, 0.5) is 0 Å². The number of pyridine rings is 1. The van der Waals surface area contributed by atoms with E-state index in [1.54, 1.807) is 6.20 Å². The standard InChI is InChI=1S/C22H21N5O/c28-22(26-12-10-18(14-26)17-7-4-11-23-13-17)19-8-9-20-24-25-21(27(20)15-19)16-5-2-1-3-6-16/h1-7,10-11,13,19H,8-9,12,14-15H2. The zero-order chi connectivity index (χ0) is 18.9. The Bertz CT molecular complexity index is 1030. The number of carbonyl (C=O) groups is 1. The van der Waals surface area contributed by atoms with Gasteiger partial charge in [-0.3, -0.25) is 9.78 Å². The Morgan fingerprint density at radius 1 is 1.04 bits per heavy atom. The Morgan fingerprint density at radius 2 is 1.89 bits per heavy atom. The Morgan fingerprint density at radius 3 is 2.71 bits per heavy atom.